The number of pyridine rings is 1. The first-order valence-corrected chi connectivity index (χ1v) is 8.32. The lowest BCUT2D eigenvalue weighted by Crippen LogP contribution is -2.53. The molecule has 3 aromatic rings. The van der Waals surface area contributed by atoms with E-state index in [9.17, 15) is 9.90 Å². The molecule has 1 aliphatic rings. The van der Waals surface area contributed by atoms with Crippen LogP contribution in [0.3, 0.4) is 0 Å². The molecular weight excluding hydrogens is 312 g/mol. The lowest BCUT2D eigenvalue weighted by Gasteiger charge is -2.36. The van der Waals surface area contributed by atoms with Gasteiger partial charge in [-0.2, -0.15) is 5.10 Å². The van der Waals surface area contributed by atoms with E-state index in [1.807, 2.05) is 23.1 Å². The van der Waals surface area contributed by atoms with Crippen molar-refractivity contribution in [3.8, 4) is 0 Å². The highest BCUT2D eigenvalue weighted by Gasteiger charge is 2.31. The van der Waals surface area contributed by atoms with Crippen molar-refractivity contribution < 1.29 is 9.90 Å². The van der Waals surface area contributed by atoms with E-state index in [4.69, 9.17) is 0 Å². The zero-order valence-corrected chi connectivity index (χ0v) is 13.5. The van der Waals surface area contributed by atoms with E-state index in [1.165, 1.54) is 4.88 Å². The molecule has 0 unspecified atom stereocenters. The van der Waals surface area contributed by atoms with Crippen LogP contribution in [0.15, 0.2) is 29.8 Å². The Morgan fingerprint density at radius 2 is 2.30 bits per heavy atom. The van der Waals surface area contributed by atoms with Gasteiger partial charge in [-0.15, -0.1) is 11.3 Å². The van der Waals surface area contributed by atoms with Crippen molar-refractivity contribution in [1.29, 1.82) is 0 Å². The molecule has 0 aliphatic carbocycles. The summed E-state index contributed by atoms with van der Waals surface area (Å²) in [6.07, 6.45) is 1.30. The average molecular weight is 328 g/mol. The van der Waals surface area contributed by atoms with Crippen molar-refractivity contribution in [1.82, 2.24) is 19.7 Å². The maximum absolute atomic E-state index is 12.6. The number of thiophene rings is 1. The van der Waals surface area contributed by atoms with E-state index in [-0.39, 0.29) is 5.91 Å². The number of hydrogen-bond acceptors (Lipinski definition) is 5. The van der Waals surface area contributed by atoms with Gasteiger partial charge in [0, 0.05) is 23.7 Å². The van der Waals surface area contributed by atoms with Crippen LogP contribution in [0.4, 0.5) is 0 Å². The molecule has 0 bridgehead atoms. The molecule has 23 heavy (non-hydrogen) atoms. The number of aliphatic hydroxyl groups excluding tert-OH is 1. The molecule has 1 saturated heterocycles. The molecule has 0 saturated carbocycles. The number of likely N-dealkylation sites (tertiary alicyclic amines) is 1. The highest BCUT2D eigenvalue weighted by Crippen LogP contribution is 2.23. The molecule has 1 fully saturated rings. The van der Waals surface area contributed by atoms with Crippen molar-refractivity contribution in [3.05, 3.63) is 45.9 Å². The van der Waals surface area contributed by atoms with E-state index in [0.717, 1.165) is 16.7 Å². The lowest BCUT2D eigenvalue weighted by molar-refractivity contribution is 0.00602. The molecule has 6 nitrogen and oxygen atoms in total. The first-order chi connectivity index (χ1) is 11.1. The van der Waals surface area contributed by atoms with E-state index >= 15 is 0 Å². The summed E-state index contributed by atoms with van der Waals surface area (Å²) >= 11 is 1.67. The first-order valence-electron chi connectivity index (χ1n) is 7.44. The van der Waals surface area contributed by atoms with Crippen LogP contribution in [0.1, 0.15) is 20.9 Å². The maximum atomic E-state index is 12.6. The maximum Gasteiger partial charge on any atom is 0.254 e. The second-order valence-corrected chi connectivity index (χ2v) is 6.83. The Morgan fingerprint density at radius 3 is 3.00 bits per heavy atom. The second kappa shape index (κ2) is 5.43. The highest BCUT2D eigenvalue weighted by molar-refractivity contribution is 7.09. The van der Waals surface area contributed by atoms with E-state index < -0.39 is 6.10 Å². The molecular formula is C16H16N4O2S. The Kier molecular flexibility index (Phi) is 3.39. The topological polar surface area (TPSA) is 71.2 Å². The Hall–Kier alpha value is -2.25. The standard InChI is InChI=1S/C16H16N4O2S/c1-10-5-13(16(22)19-7-11(21)8-19)14-6-17-20(15(14)18-10)9-12-3-2-4-23-12/h2-6,11,21H,7-9H2,1H3. The molecule has 7 heteroatoms. The van der Waals surface area contributed by atoms with Gasteiger partial charge < -0.3 is 10.0 Å². The number of nitrogens with zero attached hydrogens (tertiary/aromatic N) is 4. The SMILES string of the molecule is Cc1cc(C(=O)N2CC(O)C2)c2cnn(Cc3cccs3)c2n1. The van der Waals surface area contributed by atoms with Crippen LogP contribution in [-0.2, 0) is 6.54 Å². The van der Waals surface area contributed by atoms with Crippen LogP contribution in [-0.4, -0.2) is 49.9 Å². The zero-order chi connectivity index (χ0) is 16.0. The van der Waals surface area contributed by atoms with Crippen molar-refractivity contribution in [2.45, 2.75) is 19.6 Å². The summed E-state index contributed by atoms with van der Waals surface area (Å²) in [7, 11) is 0. The quantitative estimate of drug-likeness (QED) is 0.794. The molecule has 118 valence electrons. The van der Waals surface area contributed by atoms with Crippen molar-refractivity contribution in [2.24, 2.45) is 0 Å². The van der Waals surface area contributed by atoms with Crippen LogP contribution in [0.25, 0.3) is 11.0 Å². The number of carbonyl (C=O) groups excluding carboxylic acids is 1. The highest BCUT2D eigenvalue weighted by atomic mass is 32.1. The molecule has 0 radical (unpaired) electrons. The summed E-state index contributed by atoms with van der Waals surface area (Å²) in [5.41, 5.74) is 2.12. The smallest absolute Gasteiger partial charge is 0.254 e. The number of amides is 1. The van der Waals surface area contributed by atoms with Gasteiger partial charge in [-0.1, -0.05) is 6.07 Å². The molecule has 1 amide bonds. The lowest BCUT2D eigenvalue weighted by atomic mass is 10.1. The summed E-state index contributed by atoms with van der Waals surface area (Å²) < 4.78 is 1.83. The summed E-state index contributed by atoms with van der Waals surface area (Å²) in [6, 6.07) is 5.86. The van der Waals surface area contributed by atoms with Gasteiger partial charge in [-0.05, 0) is 24.4 Å². The van der Waals surface area contributed by atoms with Gasteiger partial charge in [0.1, 0.15) is 0 Å². The monoisotopic (exact) mass is 328 g/mol. The van der Waals surface area contributed by atoms with E-state index in [0.29, 0.717) is 25.2 Å². The predicted molar refractivity (Wildman–Crippen MR) is 87.6 cm³/mol. The summed E-state index contributed by atoms with van der Waals surface area (Å²) in [5.74, 6) is -0.0681. The zero-order valence-electron chi connectivity index (χ0n) is 12.6. The Bertz CT molecular complexity index is 866. The van der Waals surface area contributed by atoms with Crippen LogP contribution < -0.4 is 0 Å². The van der Waals surface area contributed by atoms with Gasteiger partial charge in [0.05, 0.1) is 29.8 Å². The summed E-state index contributed by atoms with van der Waals surface area (Å²) in [5, 5.41) is 16.6. The third kappa shape index (κ3) is 2.51. The van der Waals surface area contributed by atoms with Gasteiger partial charge in [-0.3, -0.25) is 4.79 Å². The number of β-amino-alcohol motifs (C(OH)–C–C–N with tert-alkyl or cyclic N) is 1. The van der Waals surface area contributed by atoms with Crippen LogP contribution in [0.5, 0.6) is 0 Å². The fourth-order valence-corrected chi connectivity index (χ4v) is 3.49. The van der Waals surface area contributed by atoms with Crippen LogP contribution in [0, 0.1) is 6.92 Å². The van der Waals surface area contributed by atoms with Crippen molar-refractivity contribution in [3.63, 3.8) is 0 Å². The molecule has 0 spiro atoms. The number of aryl methyl sites for hydroxylation is 1. The minimum absolute atomic E-state index is 0.0681. The van der Waals surface area contributed by atoms with Gasteiger partial charge in [0.25, 0.3) is 5.91 Å². The third-order valence-electron chi connectivity index (χ3n) is 4.00. The third-order valence-corrected chi connectivity index (χ3v) is 4.86. The van der Waals surface area contributed by atoms with Crippen molar-refractivity contribution in [2.75, 3.05) is 13.1 Å². The van der Waals surface area contributed by atoms with Crippen LogP contribution in [0.2, 0.25) is 0 Å². The molecule has 1 aliphatic heterocycles. The number of hydrogen-bond donors (Lipinski definition) is 1. The average Bonchev–Trinajstić information content (AvgIpc) is 3.13. The molecule has 4 rings (SSSR count). The second-order valence-electron chi connectivity index (χ2n) is 5.79. The Labute approximate surface area is 137 Å². The van der Waals surface area contributed by atoms with E-state index in [2.05, 4.69) is 16.1 Å². The predicted octanol–water partition coefficient (Wildman–Crippen LogP) is 1.67. The minimum atomic E-state index is -0.404. The molecule has 1 N–H and O–H groups in total. The minimum Gasteiger partial charge on any atom is -0.389 e. The fraction of sp³-hybridized carbons (Fsp3) is 0.312. The van der Waals surface area contributed by atoms with Crippen LogP contribution >= 0.6 is 11.3 Å². The van der Waals surface area contributed by atoms with Gasteiger partial charge in [0.2, 0.25) is 0 Å². The van der Waals surface area contributed by atoms with Gasteiger partial charge >= 0.3 is 0 Å². The van der Waals surface area contributed by atoms with Crippen molar-refractivity contribution >= 4 is 28.3 Å². The summed E-state index contributed by atoms with van der Waals surface area (Å²) in [4.78, 5) is 20.0. The first kappa shape index (κ1) is 14.3. The fourth-order valence-electron chi connectivity index (χ4n) is 2.81. The molecule has 4 heterocycles. The normalized spacial score (nSPS) is 15.1. The number of carbonyl (C=O) groups is 1. The Morgan fingerprint density at radius 1 is 1.48 bits per heavy atom. The largest absolute Gasteiger partial charge is 0.389 e. The molecule has 3 aromatic heterocycles. The summed E-state index contributed by atoms with van der Waals surface area (Å²) in [6.45, 7) is 3.31. The number of fused-ring (bicyclic) bond motifs is 1. The molecule has 0 aromatic carbocycles. The number of rotatable bonds is 3. The number of aromatic nitrogens is 3. The Balaban J connectivity index is 1.74. The van der Waals surface area contributed by atoms with E-state index in [1.54, 1.807) is 28.5 Å². The molecule has 0 atom stereocenters. The number of aliphatic hydroxyl groups is 1. The van der Waals surface area contributed by atoms with Gasteiger partial charge in [0.15, 0.2) is 5.65 Å². The van der Waals surface area contributed by atoms with Gasteiger partial charge in [-0.25, -0.2) is 9.67 Å².